The number of likely N-dealkylation sites (N-methyl/N-ethyl adjacent to an activating group) is 1. The molecule has 0 aromatic rings. The SMILES string of the molecule is C=CC(=O)N1CCC[C@@H](N(C)C/C(=C/C=C\C)N=C)C1. The standard InChI is InChI=1S/C16H25N3O/c1-5-7-9-14(17-3)12-18(4)15-10-8-11-19(13-15)16(20)6-2/h5-7,9,15H,2-3,8,10-13H2,1,4H3/b7-5-,14-9-/t15-/m1/s1. The van der Waals surface area contributed by atoms with Gasteiger partial charge in [-0.1, -0.05) is 18.7 Å². The van der Waals surface area contributed by atoms with Crippen LogP contribution in [-0.4, -0.2) is 55.1 Å². The van der Waals surface area contributed by atoms with E-state index in [4.69, 9.17) is 0 Å². The number of carbonyl (C=O) groups is 1. The lowest BCUT2D eigenvalue weighted by Crippen LogP contribution is -2.48. The normalized spacial score (nSPS) is 20.4. The Balaban J connectivity index is 2.62. The molecular formula is C16H25N3O. The minimum absolute atomic E-state index is 0.0228. The number of rotatable bonds is 6. The molecule has 4 nitrogen and oxygen atoms in total. The Hall–Kier alpha value is -1.68. The molecule has 1 amide bonds. The second-order valence-corrected chi connectivity index (χ2v) is 5.04. The molecule has 1 atom stereocenters. The minimum atomic E-state index is 0.0228. The second-order valence-electron chi connectivity index (χ2n) is 5.04. The molecule has 0 aromatic heterocycles. The van der Waals surface area contributed by atoms with Gasteiger partial charge in [-0.2, -0.15) is 0 Å². The van der Waals surface area contributed by atoms with Crippen molar-refractivity contribution in [2.24, 2.45) is 4.99 Å². The first-order chi connectivity index (χ1) is 9.62. The van der Waals surface area contributed by atoms with Crippen molar-refractivity contribution in [3.63, 3.8) is 0 Å². The molecule has 0 spiro atoms. The fourth-order valence-electron chi connectivity index (χ4n) is 2.39. The van der Waals surface area contributed by atoms with E-state index in [0.717, 1.165) is 38.2 Å². The third-order valence-corrected chi connectivity index (χ3v) is 3.60. The third kappa shape index (κ3) is 4.78. The van der Waals surface area contributed by atoms with Gasteiger partial charge in [0.05, 0.1) is 5.70 Å². The van der Waals surface area contributed by atoms with Crippen molar-refractivity contribution in [1.29, 1.82) is 0 Å². The van der Waals surface area contributed by atoms with E-state index in [2.05, 4.69) is 30.2 Å². The van der Waals surface area contributed by atoms with Gasteiger partial charge in [0.25, 0.3) is 0 Å². The van der Waals surface area contributed by atoms with E-state index in [1.165, 1.54) is 6.08 Å². The largest absolute Gasteiger partial charge is 0.338 e. The molecule has 1 aliphatic rings. The molecule has 0 unspecified atom stereocenters. The van der Waals surface area contributed by atoms with Crippen molar-refractivity contribution in [2.75, 3.05) is 26.7 Å². The van der Waals surface area contributed by atoms with Crippen molar-refractivity contribution in [2.45, 2.75) is 25.8 Å². The molecule has 20 heavy (non-hydrogen) atoms. The van der Waals surface area contributed by atoms with Gasteiger partial charge in [0.2, 0.25) is 5.91 Å². The molecule has 0 aliphatic carbocycles. The van der Waals surface area contributed by atoms with Gasteiger partial charge in [0.15, 0.2) is 0 Å². The fraction of sp³-hybridized carbons (Fsp3) is 0.500. The summed E-state index contributed by atoms with van der Waals surface area (Å²) in [6, 6.07) is 0.364. The van der Waals surface area contributed by atoms with Gasteiger partial charge in [0, 0.05) is 25.7 Å². The molecule has 0 aromatic carbocycles. The topological polar surface area (TPSA) is 35.9 Å². The Kier molecular flexibility index (Phi) is 6.94. The van der Waals surface area contributed by atoms with Gasteiger partial charge in [-0.05, 0) is 45.7 Å². The van der Waals surface area contributed by atoms with Crippen molar-refractivity contribution < 1.29 is 4.79 Å². The van der Waals surface area contributed by atoms with Crippen LogP contribution < -0.4 is 0 Å². The van der Waals surface area contributed by atoms with E-state index in [9.17, 15) is 4.79 Å². The van der Waals surface area contributed by atoms with E-state index in [-0.39, 0.29) is 5.91 Å². The maximum absolute atomic E-state index is 11.7. The Morgan fingerprint density at radius 2 is 2.30 bits per heavy atom. The molecule has 1 saturated heterocycles. The summed E-state index contributed by atoms with van der Waals surface area (Å²) in [5.74, 6) is 0.0228. The average molecular weight is 275 g/mol. The third-order valence-electron chi connectivity index (χ3n) is 3.60. The number of piperidine rings is 1. The average Bonchev–Trinajstić information content (AvgIpc) is 2.50. The van der Waals surface area contributed by atoms with Crippen molar-refractivity contribution >= 4 is 12.6 Å². The number of likely N-dealkylation sites (tertiary alicyclic amines) is 1. The van der Waals surface area contributed by atoms with Crippen molar-refractivity contribution in [3.8, 4) is 0 Å². The van der Waals surface area contributed by atoms with Crippen LogP contribution in [0.25, 0.3) is 0 Å². The van der Waals surface area contributed by atoms with Gasteiger partial charge in [0.1, 0.15) is 0 Å². The number of hydrogen-bond acceptors (Lipinski definition) is 3. The van der Waals surface area contributed by atoms with Gasteiger partial charge in [-0.15, -0.1) is 0 Å². The first kappa shape index (κ1) is 16.4. The summed E-state index contributed by atoms with van der Waals surface area (Å²) in [5, 5.41) is 0. The monoisotopic (exact) mass is 275 g/mol. The molecule has 1 rings (SSSR count). The molecular weight excluding hydrogens is 250 g/mol. The Morgan fingerprint density at radius 3 is 2.90 bits per heavy atom. The van der Waals surface area contributed by atoms with Crippen LogP contribution in [0.15, 0.2) is 41.6 Å². The van der Waals surface area contributed by atoms with E-state index in [1.807, 2.05) is 30.1 Å². The summed E-state index contributed by atoms with van der Waals surface area (Å²) in [4.78, 5) is 19.9. The Labute approximate surface area is 122 Å². The molecule has 0 bridgehead atoms. The van der Waals surface area contributed by atoms with Crippen LogP contribution in [-0.2, 0) is 4.79 Å². The van der Waals surface area contributed by atoms with Crippen LogP contribution in [0.5, 0.6) is 0 Å². The highest BCUT2D eigenvalue weighted by atomic mass is 16.2. The summed E-state index contributed by atoms with van der Waals surface area (Å²) in [5.41, 5.74) is 0.942. The zero-order valence-electron chi connectivity index (χ0n) is 12.6. The van der Waals surface area contributed by atoms with Crippen molar-refractivity contribution in [1.82, 2.24) is 9.80 Å². The number of amides is 1. The summed E-state index contributed by atoms with van der Waals surface area (Å²) >= 11 is 0. The van der Waals surface area contributed by atoms with E-state index in [0.29, 0.717) is 6.04 Å². The van der Waals surface area contributed by atoms with Crippen LogP contribution in [0.1, 0.15) is 19.8 Å². The van der Waals surface area contributed by atoms with E-state index >= 15 is 0 Å². The van der Waals surface area contributed by atoms with Crippen LogP contribution in [0.3, 0.4) is 0 Å². The molecule has 1 fully saturated rings. The smallest absolute Gasteiger partial charge is 0.246 e. The van der Waals surface area contributed by atoms with E-state index in [1.54, 1.807) is 0 Å². The number of hydrogen-bond donors (Lipinski definition) is 0. The molecule has 1 heterocycles. The van der Waals surface area contributed by atoms with Crippen LogP contribution >= 0.6 is 0 Å². The van der Waals surface area contributed by atoms with Crippen LogP contribution in [0, 0.1) is 0 Å². The molecule has 0 saturated carbocycles. The molecule has 0 N–H and O–H groups in total. The van der Waals surface area contributed by atoms with Crippen LogP contribution in [0.2, 0.25) is 0 Å². The molecule has 110 valence electrons. The zero-order valence-corrected chi connectivity index (χ0v) is 12.6. The molecule has 4 heteroatoms. The summed E-state index contributed by atoms with van der Waals surface area (Å²) in [6.45, 7) is 11.5. The Morgan fingerprint density at radius 1 is 1.55 bits per heavy atom. The minimum Gasteiger partial charge on any atom is -0.338 e. The highest BCUT2D eigenvalue weighted by Crippen LogP contribution is 2.16. The van der Waals surface area contributed by atoms with Crippen molar-refractivity contribution in [3.05, 3.63) is 36.6 Å². The summed E-state index contributed by atoms with van der Waals surface area (Å²) in [7, 11) is 2.07. The number of aliphatic imine (C=N–C) groups is 1. The fourth-order valence-corrected chi connectivity index (χ4v) is 2.39. The van der Waals surface area contributed by atoms with Gasteiger partial charge < -0.3 is 4.90 Å². The van der Waals surface area contributed by atoms with Gasteiger partial charge in [-0.25, -0.2) is 0 Å². The highest BCUT2D eigenvalue weighted by molar-refractivity contribution is 5.87. The molecule has 1 aliphatic heterocycles. The maximum atomic E-state index is 11.7. The summed E-state index contributed by atoms with van der Waals surface area (Å²) in [6.07, 6.45) is 9.43. The predicted molar refractivity (Wildman–Crippen MR) is 84.9 cm³/mol. The number of nitrogens with zero attached hydrogens (tertiary/aromatic N) is 3. The first-order valence-corrected chi connectivity index (χ1v) is 7.02. The highest BCUT2D eigenvalue weighted by Gasteiger charge is 2.25. The number of allylic oxidation sites excluding steroid dienone is 3. The lowest BCUT2D eigenvalue weighted by atomic mass is 10.0. The summed E-state index contributed by atoms with van der Waals surface area (Å²) < 4.78 is 0. The first-order valence-electron chi connectivity index (χ1n) is 7.02. The van der Waals surface area contributed by atoms with Gasteiger partial charge in [-0.3, -0.25) is 14.7 Å². The lowest BCUT2D eigenvalue weighted by molar-refractivity contribution is -0.127. The van der Waals surface area contributed by atoms with Crippen LogP contribution in [0.4, 0.5) is 0 Å². The Bertz CT molecular complexity index is 412. The predicted octanol–water partition coefficient (Wildman–Crippen LogP) is 2.26. The van der Waals surface area contributed by atoms with Gasteiger partial charge >= 0.3 is 0 Å². The quantitative estimate of drug-likeness (QED) is 0.423. The zero-order chi connectivity index (χ0) is 15.0. The number of carbonyl (C=O) groups excluding carboxylic acids is 1. The maximum Gasteiger partial charge on any atom is 0.246 e. The molecule has 0 radical (unpaired) electrons. The van der Waals surface area contributed by atoms with E-state index < -0.39 is 0 Å². The lowest BCUT2D eigenvalue weighted by Gasteiger charge is -2.37. The second kappa shape index (κ2) is 8.48.